The fourth-order valence-electron chi connectivity index (χ4n) is 3.01. The molecule has 4 rings (SSSR count). The smallest absolute Gasteiger partial charge is 0.234 e. The van der Waals surface area contributed by atoms with Crippen molar-refractivity contribution < 1.29 is 4.79 Å². The van der Waals surface area contributed by atoms with Crippen molar-refractivity contribution in [1.82, 2.24) is 9.97 Å². The molecule has 0 fully saturated rings. The van der Waals surface area contributed by atoms with Crippen molar-refractivity contribution >= 4 is 46.0 Å². The number of fused-ring (bicyclic) bond motifs is 1. The molecule has 0 unspecified atom stereocenters. The number of benzene rings is 3. The summed E-state index contributed by atoms with van der Waals surface area (Å²) in [5, 5.41) is 4.40. The number of hydrogen-bond donors (Lipinski definition) is 1. The SMILES string of the molecule is Cc1ccc(NC(=O)CSc2nc3ccccc3nc2Cc2ccc(Cl)cc2)cc1. The van der Waals surface area contributed by atoms with Crippen LogP contribution in [0, 0.1) is 6.92 Å². The van der Waals surface area contributed by atoms with Crippen molar-refractivity contribution in [3.63, 3.8) is 0 Å². The zero-order valence-electron chi connectivity index (χ0n) is 16.4. The van der Waals surface area contributed by atoms with Crippen molar-refractivity contribution in [3.8, 4) is 0 Å². The Bertz CT molecular complexity index is 1180. The summed E-state index contributed by atoms with van der Waals surface area (Å²) in [6, 6.07) is 23.2. The summed E-state index contributed by atoms with van der Waals surface area (Å²) in [5.41, 5.74) is 5.55. The number of carbonyl (C=O) groups excluding carboxylic acids is 1. The zero-order valence-corrected chi connectivity index (χ0v) is 18.0. The molecule has 4 nitrogen and oxygen atoms in total. The van der Waals surface area contributed by atoms with Gasteiger partial charge in [0.15, 0.2) is 0 Å². The maximum absolute atomic E-state index is 12.4. The van der Waals surface area contributed by atoms with E-state index in [1.165, 1.54) is 11.8 Å². The van der Waals surface area contributed by atoms with E-state index >= 15 is 0 Å². The minimum atomic E-state index is -0.0729. The molecule has 30 heavy (non-hydrogen) atoms. The Morgan fingerprint density at radius 3 is 2.30 bits per heavy atom. The third-order valence-electron chi connectivity index (χ3n) is 4.57. The molecule has 4 aromatic rings. The van der Waals surface area contributed by atoms with Crippen LogP contribution < -0.4 is 5.32 Å². The number of rotatable bonds is 6. The van der Waals surface area contributed by atoms with Crippen LogP contribution in [-0.2, 0) is 11.2 Å². The van der Waals surface area contributed by atoms with E-state index < -0.39 is 0 Å². The van der Waals surface area contributed by atoms with Crippen LogP contribution in [0.1, 0.15) is 16.8 Å². The van der Waals surface area contributed by atoms with Gasteiger partial charge in [0.25, 0.3) is 0 Å². The molecule has 6 heteroatoms. The molecule has 0 saturated heterocycles. The number of hydrogen-bond acceptors (Lipinski definition) is 4. The summed E-state index contributed by atoms with van der Waals surface area (Å²) >= 11 is 7.41. The number of amides is 1. The second kappa shape index (κ2) is 9.28. The van der Waals surface area contributed by atoms with Gasteiger partial charge < -0.3 is 5.32 Å². The van der Waals surface area contributed by atoms with Gasteiger partial charge >= 0.3 is 0 Å². The van der Waals surface area contributed by atoms with Gasteiger partial charge in [-0.05, 0) is 48.9 Å². The average Bonchev–Trinajstić information content (AvgIpc) is 2.75. The highest BCUT2D eigenvalue weighted by Crippen LogP contribution is 2.25. The Kier molecular flexibility index (Phi) is 6.31. The summed E-state index contributed by atoms with van der Waals surface area (Å²) < 4.78 is 0. The van der Waals surface area contributed by atoms with Gasteiger partial charge in [0, 0.05) is 17.1 Å². The van der Waals surface area contributed by atoms with Gasteiger partial charge in [-0.3, -0.25) is 4.79 Å². The molecular formula is C24H20ClN3OS. The topological polar surface area (TPSA) is 54.9 Å². The lowest BCUT2D eigenvalue weighted by Crippen LogP contribution is -2.14. The molecule has 150 valence electrons. The third-order valence-corrected chi connectivity index (χ3v) is 5.82. The molecule has 1 N–H and O–H groups in total. The molecular weight excluding hydrogens is 414 g/mol. The van der Waals surface area contributed by atoms with E-state index in [4.69, 9.17) is 21.6 Å². The van der Waals surface area contributed by atoms with E-state index in [9.17, 15) is 4.79 Å². The summed E-state index contributed by atoms with van der Waals surface area (Å²) in [4.78, 5) is 22.0. The molecule has 0 radical (unpaired) electrons. The van der Waals surface area contributed by atoms with Crippen LogP contribution in [0.3, 0.4) is 0 Å². The summed E-state index contributed by atoms with van der Waals surface area (Å²) in [5.74, 6) is 0.186. The number of aryl methyl sites for hydroxylation is 1. The number of nitrogens with zero attached hydrogens (tertiary/aromatic N) is 2. The van der Waals surface area contributed by atoms with Crippen LogP contribution in [0.4, 0.5) is 5.69 Å². The van der Waals surface area contributed by atoms with Crippen LogP contribution in [0.2, 0.25) is 5.02 Å². The van der Waals surface area contributed by atoms with E-state index in [0.29, 0.717) is 11.4 Å². The minimum Gasteiger partial charge on any atom is -0.325 e. The second-order valence-electron chi connectivity index (χ2n) is 6.97. The minimum absolute atomic E-state index is 0.0729. The van der Waals surface area contributed by atoms with Crippen molar-refractivity contribution in [3.05, 3.63) is 94.6 Å². The normalized spacial score (nSPS) is 10.9. The molecule has 1 heterocycles. The number of anilines is 1. The van der Waals surface area contributed by atoms with E-state index in [1.54, 1.807) is 0 Å². The monoisotopic (exact) mass is 433 g/mol. The highest BCUT2D eigenvalue weighted by atomic mass is 35.5. The molecule has 0 aliphatic carbocycles. The largest absolute Gasteiger partial charge is 0.325 e. The first-order chi connectivity index (χ1) is 14.6. The first-order valence-electron chi connectivity index (χ1n) is 9.56. The molecule has 0 saturated carbocycles. The average molecular weight is 434 g/mol. The molecule has 0 atom stereocenters. The predicted molar refractivity (Wildman–Crippen MR) is 124 cm³/mol. The molecule has 0 aliphatic rings. The predicted octanol–water partition coefficient (Wildman–Crippen LogP) is 5.91. The van der Waals surface area contributed by atoms with Crippen molar-refractivity contribution in [2.75, 3.05) is 11.1 Å². The lowest BCUT2D eigenvalue weighted by Gasteiger charge is -2.10. The summed E-state index contributed by atoms with van der Waals surface area (Å²) in [7, 11) is 0. The number of thioether (sulfide) groups is 1. The summed E-state index contributed by atoms with van der Waals surface area (Å²) in [6.07, 6.45) is 0.622. The van der Waals surface area contributed by atoms with Crippen molar-refractivity contribution in [2.24, 2.45) is 0 Å². The first kappa shape index (κ1) is 20.4. The standard InChI is InChI=1S/C24H20ClN3OS/c1-16-6-12-19(13-7-16)26-23(29)15-30-24-22(14-17-8-10-18(25)11-9-17)27-20-4-2-3-5-21(20)28-24/h2-13H,14-15H2,1H3,(H,26,29). The first-order valence-corrected chi connectivity index (χ1v) is 10.9. The number of para-hydroxylation sites is 2. The molecule has 0 bridgehead atoms. The number of halogens is 1. The van der Waals surface area contributed by atoms with Gasteiger partial charge in [-0.1, -0.05) is 65.3 Å². The number of carbonyl (C=O) groups is 1. The van der Waals surface area contributed by atoms with Crippen LogP contribution in [0.25, 0.3) is 11.0 Å². The number of nitrogens with one attached hydrogen (secondary N) is 1. The second-order valence-corrected chi connectivity index (χ2v) is 8.37. The van der Waals surface area contributed by atoms with Gasteiger partial charge in [0.05, 0.1) is 22.5 Å². The van der Waals surface area contributed by atoms with Crippen LogP contribution in [0.5, 0.6) is 0 Å². The van der Waals surface area contributed by atoms with E-state index in [-0.39, 0.29) is 11.7 Å². The Morgan fingerprint density at radius 2 is 1.60 bits per heavy atom. The van der Waals surface area contributed by atoms with Crippen molar-refractivity contribution in [1.29, 1.82) is 0 Å². The van der Waals surface area contributed by atoms with E-state index in [1.807, 2.05) is 79.7 Å². The maximum Gasteiger partial charge on any atom is 0.234 e. The number of aromatic nitrogens is 2. The maximum atomic E-state index is 12.4. The lowest BCUT2D eigenvalue weighted by molar-refractivity contribution is -0.113. The molecule has 1 aromatic heterocycles. The van der Waals surface area contributed by atoms with E-state index in [2.05, 4.69) is 5.32 Å². The van der Waals surface area contributed by atoms with Gasteiger partial charge in [-0.15, -0.1) is 0 Å². The lowest BCUT2D eigenvalue weighted by atomic mass is 10.1. The zero-order chi connectivity index (χ0) is 20.9. The molecule has 3 aromatic carbocycles. The Hall–Kier alpha value is -2.89. The van der Waals surface area contributed by atoms with Crippen molar-refractivity contribution in [2.45, 2.75) is 18.4 Å². The highest BCUT2D eigenvalue weighted by molar-refractivity contribution is 8.00. The molecule has 0 aliphatic heterocycles. The quantitative estimate of drug-likeness (QED) is 0.384. The molecule has 0 spiro atoms. The Balaban J connectivity index is 1.54. The van der Waals surface area contributed by atoms with Gasteiger partial charge in [-0.2, -0.15) is 0 Å². The Labute approximate surface area is 184 Å². The van der Waals surface area contributed by atoms with E-state index in [0.717, 1.165) is 38.6 Å². The fraction of sp³-hybridized carbons (Fsp3) is 0.125. The molecule has 1 amide bonds. The van der Waals surface area contributed by atoms with Crippen LogP contribution in [0.15, 0.2) is 77.8 Å². The van der Waals surface area contributed by atoms with Crippen LogP contribution >= 0.6 is 23.4 Å². The summed E-state index contributed by atoms with van der Waals surface area (Å²) in [6.45, 7) is 2.02. The third kappa shape index (κ3) is 5.17. The Morgan fingerprint density at radius 1 is 0.933 bits per heavy atom. The van der Waals surface area contributed by atoms with Gasteiger partial charge in [0.2, 0.25) is 5.91 Å². The van der Waals surface area contributed by atoms with Crippen LogP contribution in [-0.4, -0.2) is 21.6 Å². The van der Waals surface area contributed by atoms with Gasteiger partial charge in [0.1, 0.15) is 5.03 Å². The van der Waals surface area contributed by atoms with Gasteiger partial charge in [-0.25, -0.2) is 9.97 Å². The fourth-order valence-corrected chi connectivity index (χ4v) is 3.93. The highest BCUT2D eigenvalue weighted by Gasteiger charge is 2.13.